The monoisotopic (exact) mass is 194 g/mol. The van der Waals surface area contributed by atoms with Crippen LogP contribution in [0, 0.1) is 0 Å². The first kappa shape index (κ1) is 7.99. The molecular weight excluding hydrogens is 188 g/mol. The lowest BCUT2D eigenvalue weighted by Gasteiger charge is -1.95. The van der Waals surface area contributed by atoms with Gasteiger partial charge < -0.3 is 5.73 Å². The van der Waals surface area contributed by atoms with Crippen LogP contribution in [-0.4, -0.2) is 25.1 Å². The lowest BCUT2D eigenvalue weighted by atomic mass is 10.7. The van der Waals surface area contributed by atoms with Gasteiger partial charge in [-0.2, -0.15) is 5.10 Å². The number of hydrogen-bond donors (Lipinski definition) is 2. The number of nitrogens with one attached hydrogen (secondary N) is 1. The number of anilines is 1. The quantitative estimate of drug-likeness (QED) is 0.669. The highest BCUT2D eigenvalue weighted by molar-refractivity contribution is 7.99. The van der Waals surface area contributed by atoms with E-state index in [0.717, 1.165) is 5.03 Å². The molecule has 0 atom stereocenters. The molecule has 0 radical (unpaired) electrons. The Hall–Kier alpha value is -1.63. The molecule has 0 saturated carbocycles. The average Bonchev–Trinajstić information content (AvgIpc) is 2.57. The van der Waals surface area contributed by atoms with Crippen molar-refractivity contribution in [2.24, 2.45) is 0 Å². The van der Waals surface area contributed by atoms with Crippen LogP contribution in [0.25, 0.3) is 0 Å². The predicted molar refractivity (Wildman–Crippen MR) is 47.0 cm³/mol. The van der Waals surface area contributed by atoms with Crippen LogP contribution >= 0.6 is 11.8 Å². The van der Waals surface area contributed by atoms with Gasteiger partial charge in [0.15, 0.2) is 5.16 Å². The van der Waals surface area contributed by atoms with Crippen molar-refractivity contribution < 1.29 is 0 Å². The molecule has 0 saturated heterocycles. The van der Waals surface area contributed by atoms with Gasteiger partial charge in [0, 0.05) is 6.20 Å². The van der Waals surface area contributed by atoms with Crippen LogP contribution < -0.4 is 5.73 Å². The van der Waals surface area contributed by atoms with E-state index in [-0.39, 0.29) is 5.95 Å². The fraction of sp³-hybridized carbons (Fsp3) is 0. The zero-order valence-electron chi connectivity index (χ0n) is 6.51. The third kappa shape index (κ3) is 1.94. The van der Waals surface area contributed by atoms with Gasteiger partial charge >= 0.3 is 0 Å². The number of hydrogen-bond acceptors (Lipinski definition) is 6. The first-order chi connectivity index (χ1) is 6.34. The maximum atomic E-state index is 5.41. The van der Waals surface area contributed by atoms with E-state index >= 15 is 0 Å². The van der Waals surface area contributed by atoms with E-state index in [1.54, 1.807) is 12.3 Å². The molecule has 6 nitrogen and oxygen atoms in total. The van der Waals surface area contributed by atoms with Crippen LogP contribution in [0.1, 0.15) is 0 Å². The third-order valence-electron chi connectivity index (χ3n) is 1.24. The summed E-state index contributed by atoms with van der Waals surface area (Å²) >= 11 is 1.35. The molecule has 0 aliphatic heterocycles. The van der Waals surface area contributed by atoms with Crippen LogP contribution in [0.15, 0.2) is 28.8 Å². The first-order valence-electron chi connectivity index (χ1n) is 3.46. The summed E-state index contributed by atoms with van der Waals surface area (Å²) < 4.78 is 0. The Labute approximate surface area is 78.0 Å². The van der Waals surface area contributed by atoms with E-state index in [1.807, 2.05) is 0 Å². The van der Waals surface area contributed by atoms with Crippen LogP contribution in [-0.2, 0) is 0 Å². The largest absolute Gasteiger partial charge is 0.368 e. The van der Waals surface area contributed by atoms with Crippen molar-refractivity contribution in [2.75, 3.05) is 5.73 Å². The second kappa shape index (κ2) is 3.40. The molecule has 13 heavy (non-hydrogen) atoms. The Morgan fingerprint density at radius 1 is 1.38 bits per heavy atom. The SMILES string of the molecule is Nc1nccc(Sc2ncn[nH]2)n1. The molecule has 2 rings (SSSR count). The second-order valence-electron chi connectivity index (χ2n) is 2.15. The number of H-pyrrole nitrogens is 1. The summed E-state index contributed by atoms with van der Waals surface area (Å²) in [5, 5.41) is 7.83. The number of aromatic nitrogens is 5. The Kier molecular flexibility index (Phi) is 2.09. The van der Waals surface area contributed by atoms with Gasteiger partial charge in [0.05, 0.1) is 0 Å². The van der Waals surface area contributed by atoms with Gasteiger partial charge in [-0.1, -0.05) is 0 Å². The van der Waals surface area contributed by atoms with E-state index in [1.165, 1.54) is 18.1 Å². The molecule has 7 heteroatoms. The zero-order chi connectivity index (χ0) is 9.10. The summed E-state index contributed by atoms with van der Waals surface area (Å²) in [6, 6.07) is 1.75. The van der Waals surface area contributed by atoms with Crippen molar-refractivity contribution in [1.29, 1.82) is 0 Å². The summed E-state index contributed by atoms with van der Waals surface area (Å²) in [5.74, 6) is 0.254. The van der Waals surface area contributed by atoms with Crippen molar-refractivity contribution in [3.8, 4) is 0 Å². The second-order valence-corrected chi connectivity index (χ2v) is 3.15. The third-order valence-corrected chi connectivity index (χ3v) is 2.07. The van der Waals surface area contributed by atoms with Crippen molar-refractivity contribution in [3.05, 3.63) is 18.6 Å². The number of nitrogen functional groups attached to an aromatic ring is 1. The fourth-order valence-corrected chi connectivity index (χ4v) is 1.42. The molecule has 66 valence electrons. The smallest absolute Gasteiger partial charge is 0.221 e. The topological polar surface area (TPSA) is 93.4 Å². The van der Waals surface area contributed by atoms with Gasteiger partial charge in [0.1, 0.15) is 11.4 Å². The highest BCUT2D eigenvalue weighted by Crippen LogP contribution is 2.21. The number of rotatable bonds is 2. The molecule has 0 aliphatic rings. The van der Waals surface area contributed by atoms with E-state index < -0.39 is 0 Å². The molecule has 0 amide bonds. The lowest BCUT2D eigenvalue weighted by Crippen LogP contribution is -1.94. The van der Waals surface area contributed by atoms with Crippen molar-refractivity contribution in [1.82, 2.24) is 25.1 Å². The lowest BCUT2D eigenvalue weighted by molar-refractivity contribution is 0.964. The minimum Gasteiger partial charge on any atom is -0.368 e. The standard InChI is InChI=1S/C6H6N6S/c7-5-8-2-1-4(11-5)13-6-9-3-10-12-6/h1-3H,(H2,7,8,11)(H,9,10,12). The molecule has 0 fully saturated rings. The minimum atomic E-state index is 0.254. The Morgan fingerprint density at radius 2 is 2.31 bits per heavy atom. The normalized spacial score (nSPS) is 10.2. The molecule has 2 aromatic heterocycles. The molecule has 0 aliphatic carbocycles. The summed E-state index contributed by atoms with van der Waals surface area (Å²) in [6.45, 7) is 0. The van der Waals surface area contributed by atoms with E-state index in [4.69, 9.17) is 5.73 Å². The van der Waals surface area contributed by atoms with Crippen molar-refractivity contribution >= 4 is 17.7 Å². The Balaban J connectivity index is 2.19. The fourth-order valence-electron chi connectivity index (χ4n) is 0.756. The number of nitrogens with zero attached hydrogens (tertiary/aromatic N) is 4. The average molecular weight is 194 g/mol. The molecule has 0 spiro atoms. The number of nitrogens with two attached hydrogens (primary N) is 1. The van der Waals surface area contributed by atoms with E-state index in [2.05, 4.69) is 25.1 Å². The van der Waals surface area contributed by atoms with E-state index in [9.17, 15) is 0 Å². The highest BCUT2D eigenvalue weighted by Gasteiger charge is 2.01. The van der Waals surface area contributed by atoms with E-state index in [0.29, 0.717) is 5.16 Å². The van der Waals surface area contributed by atoms with Gasteiger partial charge in [0.2, 0.25) is 5.95 Å². The molecule has 0 bridgehead atoms. The van der Waals surface area contributed by atoms with Crippen LogP contribution in [0.4, 0.5) is 5.95 Å². The minimum absolute atomic E-state index is 0.254. The summed E-state index contributed by atoms with van der Waals surface area (Å²) in [5.41, 5.74) is 5.41. The maximum Gasteiger partial charge on any atom is 0.221 e. The molecule has 2 aromatic rings. The predicted octanol–water partition coefficient (Wildman–Crippen LogP) is 0.328. The zero-order valence-corrected chi connectivity index (χ0v) is 7.32. The highest BCUT2D eigenvalue weighted by atomic mass is 32.2. The maximum absolute atomic E-state index is 5.41. The molecule has 2 heterocycles. The first-order valence-corrected chi connectivity index (χ1v) is 4.28. The van der Waals surface area contributed by atoms with Crippen LogP contribution in [0.3, 0.4) is 0 Å². The Bertz CT molecular complexity index is 386. The van der Waals surface area contributed by atoms with Crippen LogP contribution in [0.2, 0.25) is 0 Å². The van der Waals surface area contributed by atoms with Gasteiger partial charge in [-0.05, 0) is 17.8 Å². The summed E-state index contributed by atoms with van der Waals surface area (Å²) in [4.78, 5) is 11.7. The van der Waals surface area contributed by atoms with Gasteiger partial charge in [0.25, 0.3) is 0 Å². The van der Waals surface area contributed by atoms with Gasteiger partial charge in [-0.3, -0.25) is 5.10 Å². The van der Waals surface area contributed by atoms with Gasteiger partial charge in [-0.25, -0.2) is 15.0 Å². The van der Waals surface area contributed by atoms with Gasteiger partial charge in [-0.15, -0.1) is 0 Å². The number of aromatic amines is 1. The molecule has 0 unspecified atom stereocenters. The van der Waals surface area contributed by atoms with Crippen LogP contribution in [0.5, 0.6) is 0 Å². The molecular formula is C6H6N6S. The molecule has 0 aromatic carbocycles. The summed E-state index contributed by atoms with van der Waals surface area (Å²) in [6.07, 6.45) is 3.04. The Morgan fingerprint density at radius 3 is 3.00 bits per heavy atom. The molecule has 3 N–H and O–H groups in total. The van der Waals surface area contributed by atoms with Crippen molar-refractivity contribution in [2.45, 2.75) is 10.2 Å². The van der Waals surface area contributed by atoms with Crippen molar-refractivity contribution in [3.63, 3.8) is 0 Å². The summed E-state index contributed by atoms with van der Waals surface area (Å²) in [7, 11) is 0.